The van der Waals surface area contributed by atoms with E-state index in [1.807, 2.05) is 0 Å². The first-order valence-electron chi connectivity index (χ1n) is 10.5. The monoisotopic (exact) mass is 609 g/mol. The minimum absolute atomic E-state index is 0. The summed E-state index contributed by atoms with van der Waals surface area (Å²) in [5.74, 6) is 0. The number of rotatable bonds is 8. The van der Waals surface area contributed by atoms with Crippen LogP contribution in [0.25, 0.3) is 0 Å². The van der Waals surface area contributed by atoms with E-state index in [0.29, 0.717) is 0 Å². The Morgan fingerprint density at radius 3 is 1.00 bits per heavy atom. The molecule has 0 bridgehead atoms. The quantitative estimate of drug-likeness (QED) is 0.0881. The van der Waals surface area contributed by atoms with E-state index >= 15 is 0 Å². The molecule has 0 N–H and O–H groups in total. The second-order valence-corrected chi connectivity index (χ2v) is 15.2. The Morgan fingerprint density at radius 1 is 0.531 bits per heavy atom. The van der Waals surface area contributed by atoms with Gasteiger partial charge in [0.25, 0.3) is 0 Å². The molecule has 0 aliphatic heterocycles. The summed E-state index contributed by atoms with van der Waals surface area (Å²) in [6, 6.07) is 44.1. The van der Waals surface area contributed by atoms with Gasteiger partial charge in [0.15, 0.2) is 0 Å². The fourth-order valence-corrected chi connectivity index (χ4v) is 13.7. The number of alkyl halides is 1. The minimum atomic E-state index is -0.683. The Hall–Kier alpha value is -1.12. The molecule has 0 heterocycles. The standard InChI is InChI=1S/C28H26BrP2.Pd/c1-2-23-28(29,30(24-15-7-3-8-16-24)25-17-9-4-10-18-25)31(26-19-11-5-12-20-26)27-21-13-6-14-22-27;/h3-22H,1-2,23H2;/q-1;. The zero-order chi connectivity index (χ0) is 21.5. The maximum atomic E-state index is 4.44. The van der Waals surface area contributed by atoms with E-state index in [1.165, 1.54) is 21.2 Å². The van der Waals surface area contributed by atoms with Crippen LogP contribution in [0.4, 0.5) is 0 Å². The van der Waals surface area contributed by atoms with E-state index in [1.54, 1.807) is 0 Å². The van der Waals surface area contributed by atoms with E-state index in [-0.39, 0.29) is 24.2 Å². The number of hydrogen-bond donors (Lipinski definition) is 0. The van der Waals surface area contributed by atoms with Crippen molar-refractivity contribution in [1.29, 1.82) is 0 Å². The molecular weight excluding hydrogens is 585 g/mol. The van der Waals surface area contributed by atoms with Gasteiger partial charge in [-0.25, -0.2) is 0 Å². The molecule has 0 atom stereocenters. The van der Waals surface area contributed by atoms with Crippen LogP contribution in [0.2, 0.25) is 0 Å². The zero-order valence-electron chi connectivity index (χ0n) is 17.8. The molecule has 0 amide bonds. The van der Waals surface area contributed by atoms with Crippen molar-refractivity contribution in [2.45, 2.75) is 16.6 Å². The Balaban J connectivity index is 0.00000289. The van der Waals surface area contributed by atoms with E-state index in [4.69, 9.17) is 0 Å². The SMILES string of the molecule is [CH2-]CCC(Br)(P(c1ccccc1)c1ccccc1)P(c1ccccc1)c1ccccc1.[Pd]. The third kappa shape index (κ3) is 5.68. The molecule has 166 valence electrons. The van der Waals surface area contributed by atoms with Gasteiger partial charge in [-0.15, -0.1) is 0 Å². The molecule has 0 radical (unpaired) electrons. The topological polar surface area (TPSA) is 0 Å². The summed E-state index contributed by atoms with van der Waals surface area (Å²) in [5.41, 5.74) is 0. The van der Waals surface area contributed by atoms with Gasteiger partial charge in [0.1, 0.15) is 0 Å². The van der Waals surface area contributed by atoms with Crippen molar-refractivity contribution in [2.75, 3.05) is 0 Å². The van der Waals surface area contributed by atoms with Crippen molar-refractivity contribution >= 4 is 53.0 Å². The van der Waals surface area contributed by atoms with Crippen molar-refractivity contribution in [3.8, 4) is 0 Å². The first kappa shape index (κ1) is 25.5. The van der Waals surface area contributed by atoms with E-state index in [2.05, 4.69) is 144 Å². The molecule has 0 saturated heterocycles. The van der Waals surface area contributed by atoms with Crippen molar-refractivity contribution in [3.05, 3.63) is 128 Å². The Bertz CT molecular complexity index is 898. The molecule has 0 fully saturated rings. The van der Waals surface area contributed by atoms with Gasteiger partial charge in [-0.3, -0.25) is 0 Å². The maximum Gasteiger partial charge on any atom is 0.0787 e. The molecule has 4 aromatic carbocycles. The number of hydrogen-bond acceptors (Lipinski definition) is 0. The third-order valence-electron chi connectivity index (χ3n) is 5.24. The summed E-state index contributed by atoms with van der Waals surface area (Å²) in [4.78, 5) is 0. The molecule has 0 aliphatic rings. The van der Waals surface area contributed by atoms with Gasteiger partial charge in [-0.2, -0.15) is 6.42 Å². The van der Waals surface area contributed by atoms with Gasteiger partial charge in [0.05, 0.1) is 3.81 Å². The fraction of sp³-hybridized carbons (Fsp3) is 0.107. The summed E-state index contributed by atoms with van der Waals surface area (Å²) in [6.45, 7) is 4.30. The molecule has 0 unspecified atom stereocenters. The summed E-state index contributed by atoms with van der Waals surface area (Å²) in [7, 11) is -1.37. The van der Waals surface area contributed by atoms with Crippen LogP contribution in [-0.4, -0.2) is 3.81 Å². The van der Waals surface area contributed by atoms with Gasteiger partial charge in [-0.1, -0.05) is 144 Å². The van der Waals surface area contributed by atoms with Crippen molar-refractivity contribution in [1.82, 2.24) is 0 Å². The van der Waals surface area contributed by atoms with Crippen LogP contribution in [0.15, 0.2) is 121 Å². The smallest absolute Gasteiger partial charge is 0.0787 e. The second kappa shape index (κ2) is 12.4. The maximum absolute atomic E-state index is 4.44. The van der Waals surface area contributed by atoms with Crippen LogP contribution in [0.5, 0.6) is 0 Å². The average molecular weight is 611 g/mol. The Morgan fingerprint density at radius 2 is 0.781 bits per heavy atom. The molecule has 4 heteroatoms. The summed E-state index contributed by atoms with van der Waals surface area (Å²) >= 11 is 4.44. The van der Waals surface area contributed by atoms with Gasteiger partial charge in [0, 0.05) is 20.4 Å². The van der Waals surface area contributed by atoms with Gasteiger partial charge in [-0.05, 0) is 37.1 Å². The molecule has 0 aliphatic carbocycles. The molecule has 0 saturated carbocycles. The summed E-state index contributed by atoms with van der Waals surface area (Å²) in [6.07, 6.45) is 1.88. The van der Waals surface area contributed by atoms with Gasteiger partial charge >= 0.3 is 0 Å². The van der Waals surface area contributed by atoms with E-state index in [9.17, 15) is 0 Å². The van der Waals surface area contributed by atoms with Crippen molar-refractivity contribution < 1.29 is 20.4 Å². The van der Waals surface area contributed by atoms with E-state index in [0.717, 1.165) is 12.8 Å². The van der Waals surface area contributed by atoms with Crippen LogP contribution in [0.3, 0.4) is 0 Å². The van der Waals surface area contributed by atoms with Gasteiger partial charge < -0.3 is 6.92 Å². The van der Waals surface area contributed by atoms with Gasteiger partial charge in [0.2, 0.25) is 0 Å². The number of benzene rings is 4. The summed E-state index contributed by atoms with van der Waals surface area (Å²) < 4.78 is -0.120. The predicted octanol–water partition coefficient (Wildman–Crippen LogP) is 6.91. The predicted molar refractivity (Wildman–Crippen MR) is 144 cm³/mol. The van der Waals surface area contributed by atoms with Crippen LogP contribution in [0, 0.1) is 6.92 Å². The second-order valence-electron chi connectivity index (χ2n) is 7.34. The van der Waals surface area contributed by atoms with Crippen LogP contribution >= 0.6 is 31.8 Å². The van der Waals surface area contributed by atoms with Crippen LogP contribution in [0.1, 0.15) is 12.8 Å². The van der Waals surface area contributed by atoms with Crippen molar-refractivity contribution in [2.24, 2.45) is 0 Å². The fourth-order valence-electron chi connectivity index (χ4n) is 3.95. The molecule has 0 spiro atoms. The first-order valence-corrected chi connectivity index (χ1v) is 14.0. The molecule has 32 heavy (non-hydrogen) atoms. The minimum Gasteiger partial charge on any atom is -0.343 e. The van der Waals surface area contributed by atoms with E-state index < -0.39 is 15.8 Å². The van der Waals surface area contributed by atoms with Crippen LogP contribution < -0.4 is 21.2 Å². The summed E-state index contributed by atoms with van der Waals surface area (Å²) in [5, 5.41) is 5.59. The third-order valence-corrected chi connectivity index (χ3v) is 14.0. The molecule has 4 aromatic rings. The molecule has 0 aromatic heterocycles. The molecule has 0 nitrogen and oxygen atoms in total. The van der Waals surface area contributed by atoms with Crippen molar-refractivity contribution in [3.63, 3.8) is 0 Å². The number of halogens is 1. The average Bonchev–Trinajstić information content (AvgIpc) is 2.82. The zero-order valence-corrected chi connectivity index (χ0v) is 22.7. The van der Waals surface area contributed by atoms with Crippen LogP contribution in [-0.2, 0) is 20.4 Å². The Labute approximate surface area is 217 Å². The molecular formula is C28H26BrP2Pd-. The first-order chi connectivity index (χ1) is 15.2. The molecule has 4 rings (SSSR count). The largest absolute Gasteiger partial charge is 0.343 e. The Kier molecular flexibility index (Phi) is 9.86. The normalized spacial score (nSPS) is 11.4.